The molecule has 1 aliphatic rings. The average Bonchev–Trinajstić information content (AvgIpc) is 3.29. The van der Waals surface area contributed by atoms with Crippen molar-refractivity contribution in [3.05, 3.63) is 78.6 Å². The molecule has 0 spiro atoms. The minimum Gasteiger partial charge on any atom is -0.295 e. The summed E-state index contributed by atoms with van der Waals surface area (Å²) >= 11 is 1.86. The fourth-order valence-electron chi connectivity index (χ4n) is 3.91. The normalized spacial score (nSPS) is 12.6. The summed E-state index contributed by atoms with van der Waals surface area (Å²) in [4.78, 5) is 5.64. The maximum absolute atomic E-state index is 4.34. The average molecular weight is 340 g/mol. The van der Waals surface area contributed by atoms with Gasteiger partial charge in [0.05, 0.1) is 16.5 Å². The molecule has 5 aromatic rings. The van der Waals surface area contributed by atoms with Gasteiger partial charge >= 0.3 is 0 Å². The highest BCUT2D eigenvalue weighted by atomic mass is 32.1. The highest BCUT2D eigenvalue weighted by Crippen LogP contribution is 2.40. The van der Waals surface area contributed by atoms with E-state index in [9.17, 15) is 0 Å². The molecular weight excluding hydrogens is 326 g/mol. The fraction of sp³-hybridized carbons (Fsp3) is 0.0476. The molecule has 0 atom stereocenters. The lowest BCUT2D eigenvalue weighted by Crippen LogP contribution is -2.30. The van der Waals surface area contributed by atoms with Crippen LogP contribution in [0.15, 0.2) is 73.1 Å². The highest BCUT2D eigenvalue weighted by Gasteiger charge is 2.35. The van der Waals surface area contributed by atoms with Gasteiger partial charge in [0.2, 0.25) is 0 Å². The zero-order valence-electron chi connectivity index (χ0n) is 13.4. The van der Waals surface area contributed by atoms with E-state index < -0.39 is 0 Å². The summed E-state index contributed by atoms with van der Waals surface area (Å²) in [6.45, 7) is 0.927. The summed E-state index contributed by atoms with van der Waals surface area (Å²) in [5.41, 5.74) is 6.43. The molecule has 25 heavy (non-hydrogen) atoms. The largest absolute Gasteiger partial charge is 0.295 e. The number of aromatic nitrogens is 3. The first kappa shape index (κ1) is 13.3. The van der Waals surface area contributed by atoms with Gasteiger partial charge in [0.15, 0.2) is 11.4 Å². The van der Waals surface area contributed by atoms with Gasteiger partial charge in [0.1, 0.15) is 0 Å². The van der Waals surface area contributed by atoms with Crippen LogP contribution in [0.1, 0.15) is 5.56 Å². The van der Waals surface area contributed by atoms with E-state index in [2.05, 4.69) is 74.8 Å². The summed E-state index contributed by atoms with van der Waals surface area (Å²) in [5.74, 6) is 0. The lowest BCUT2D eigenvalue weighted by molar-refractivity contribution is -0.641. The maximum Gasteiger partial charge on any atom is 0.273 e. The highest BCUT2D eigenvalue weighted by molar-refractivity contribution is 7.21. The number of para-hydroxylation sites is 2. The van der Waals surface area contributed by atoms with Crippen LogP contribution in [-0.2, 0) is 6.54 Å². The molecule has 0 radical (unpaired) electrons. The SMILES string of the molecule is c1ccc(-n2c3ccccc3c3c2sc2[n+]3Cc3ccncc3-2)cc1. The molecule has 4 heteroatoms. The van der Waals surface area contributed by atoms with Crippen molar-refractivity contribution < 1.29 is 4.57 Å². The van der Waals surface area contributed by atoms with Crippen molar-refractivity contribution in [1.29, 1.82) is 0 Å². The number of rotatable bonds is 1. The van der Waals surface area contributed by atoms with E-state index >= 15 is 0 Å². The van der Waals surface area contributed by atoms with Gasteiger partial charge in [0.25, 0.3) is 10.5 Å². The summed E-state index contributed by atoms with van der Waals surface area (Å²) in [7, 11) is 0. The molecule has 118 valence electrons. The van der Waals surface area contributed by atoms with Crippen molar-refractivity contribution in [2.75, 3.05) is 0 Å². The van der Waals surface area contributed by atoms with Crippen LogP contribution in [0.5, 0.6) is 0 Å². The van der Waals surface area contributed by atoms with Crippen LogP contribution in [0.3, 0.4) is 0 Å². The Bertz CT molecular complexity index is 1260. The Morgan fingerprint density at radius 1 is 0.960 bits per heavy atom. The first-order valence-corrected chi connectivity index (χ1v) is 9.18. The van der Waals surface area contributed by atoms with Crippen LogP contribution in [0.4, 0.5) is 0 Å². The van der Waals surface area contributed by atoms with Gasteiger partial charge in [-0.25, -0.2) is 0 Å². The molecule has 2 aromatic carbocycles. The first-order chi connectivity index (χ1) is 12.4. The molecule has 0 aliphatic carbocycles. The van der Waals surface area contributed by atoms with Crippen molar-refractivity contribution in [3.63, 3.8) is 0 Å². The standard InChI is InChI=1S/C21H14N3S/c1-2-6-15(7-3-1)24-18-9-5-4-8-16(18)19-21(24)25-20-17-12-22-11-10-14(17)13-23(19)20/h1-12H,13H2/q+1. The Balaban J connectivity index is 1.78. The number of hydrogen-bond acceptors (Lipinski definition) is 2. The summed E-state index contributed by atoms with van der Waals surface area (Å²) < 4.78 is 4.84. The monoisotopic (exact) mass is 340 g/mol. The van der Waals surface area contributed by atoms with Crippen molar-refractivity contribution in [1.82, 2.24) is 9.55 Å². The molecule has 0 N–H and O–H groups in total. The van der Waals surface area contributed by atoms with Crippen LogP contribution in [-0.4, -0.2) is 9.55 Å². The zero-order valence-corrected chi connectivity index (χ0v) is 14.2. The van der Waals surface area contributed by atoms with Crippen LogP contribution in [0, 0.1) is 0 Å². The number of nitrogens with zero attached hydrogens (tertiary/aromatic N) is 3. The Kier molecular flexibility index (Phi) is 2.54. The first-order valence-electron chi connectivity index (χ1n) is 8.36. The van der Waals surface area contributed by atoms with E-state index in [1.165, 1.54) is 43.1 Å². The van der Waals surface area contributed by atoms with Crippen LogP contribution < -0.4 is 4.57 Å². The number of thiazole rings is 1. The van der Waals surface area contributed by atoms with E-state index in [0.29, 0.717) is 0 Å². The van der Waals surface area contributed by atoms with Gasteiger partial charge in [-0.15, -0.1) is 0 Å². The molecule has 0 amide bonds. The molecule has 6 rings (SSSR count). The molecule has 0 saturated carbocycles. The van der Waals surface area contributed by atoms with Crippen molar-refractivity contribution >= 4 is 32.6 Å². The maximum atomic E-state index is 4.34. The van der Waals surface area contributed by atoms with E-state index in [1.54, 1.807) is 0 Å². The molecule has 0 fully saturated rings. The quantitative estimate of drug-likeness (QED) is 0.402. The number of hydrogen-bond donors (Lipinski definition) is 0. The van der Waals surface area contributed by atoms with Crippen LogP contribution in [0.25, 0.3) is 37.5 Å². The van der Waals surface area contributed by atoms with Crippen LogP contribution >= 0.6 is 11.3 Å². The molecule has 3 nitrogen and oxygen atoms in total. The Labute approximate surface area is 148 Å². The third-order valence-electron chi connectivity index (χ3n) is 5.00. The Hall–Kier alpha value is -2.98. The molecule has 4 heterocycles. The number of benzene rings is 2. The Morgan fingerprint density at radius 2 is 1.80 bits per heavy atom. The number of fused-ring (bicyclic) bond motifs is 7. The second kappa shape index (κ2) is 4.77. The summed E-state index contributed by atoms with van der Waals surface area (Å²) in [5, 5.41) is 2.62. The lowest BCUT2D eigenvalue weighted by Gasteiger charge is -2.04. The molecule has 0 saturated heterocycles. The predicted molar refractivity (Wildman–Crippen MR) is 101 cm³/mol. The third-order valence-corrected chi connectivity index (χ3v) is 6.20. The van der Waals surface area contributed by atoms with Crippen molar-refractivity contribution in [2.45, 2.75) is 6.54 Å². The summed E-state index contributed by atoms with van der Waals surface area (Å²) in [6.07, 6.45) is 3.89. The van der Waals surface area contributed by atoms with Gasteiger partial charge in [-0.05, 0) is 41.7 Å². The van der Waals surface area contributed by atoms with Gasteiger partial charge in [-0.1, -0.05) is 30.3 Å². The van der Waals surface area contributed by atoms with Gasteiger partial charge < -0.3 is 0 Å². The lowest BCUT2D eigenvalue weighted by atomic mass is 10.2. The molecule has 0 unspecified atom stereocenters. The van der Waals surface area contributed by atoms with Gasteiger partial charge in [0, 0.05) is 23.6 Å². The fourth-order valence-corrected chi connectivity index (χ4v) is 5.27. The molecule has 3 aromatic heterocycles. The molecule has 0 bridgehead atoms. The summed E-state index contributed by atoms with van der Waals surface area (Å²) in [6, 6.07) is 21.5. The predicted octanol–water partition coefficient (Wildman–Crippen LogP) is 4.56. The minimum absolute atomic E-state index is 0.927. The van der Waals surface area contributed by atoms with E-state index in [0.717, 1.165) is 6.54 Å². The van der Waals surface area contributed by atoms with Crippen LogP contribution in [0.2, 0.25) is 0 Å². The molecule has 1 aliphatic heterocycles. The number of pyridine rings is 1. The van der Waals surface area contributed by atoms with Crippen molar-refractivity contribution in [3.8, 4) is 16.3 Å². The van der Waals surface area contributed by atoms with E-state index in [-0.39, 0.29) is 0 Å². The third kappa shape index (κ3) is 1.69. The van der Waals surface area contributed by atoms with E-state index in [4.69, 9.17) is 0 Å². The second-order valence-electron chi connectivity index (χ2n) is 6.37. The zero-order chi connectivity index (χ0) is 16.4. The second-order valence-corrected chi connectivity index (χ2v) is 7.35. The van der Waals surface area contributed by atoms with Crippen molar-refractivity contribution in [2.24, 2.45) is 0 Å². The van der Waals surface area contributed by atoms with Gasteiger partial charge in [-0.3, -0.25) is 9.55 Å². The Morgan fingerprint density at radius 3 is 2.72 bits per heavy atom. The van der Waals surface area contributed by atoms with E-state index in [1.807, 2.05) is 23.7 Å². The van der Waals surface area contributed by atoms with Gasteiger partial charge in [-0.2, -0.15) is 4.57 Å². The minimum atomic E-state index is 0.927. The molecular formula is C21H14N3S+. The topological polar surface area (TPSA) is 21.7 Å². The smallest absolute Gasteiger partial charge is 0.273 e.